The molecule has 0 saturated carbocycles. The zero-order valence-corrected chi connectivity index (χ0v) is 18.9. The van der Waals surface area contributed by atoms with E-state index in [9.17, 15) is 4.79 Å². The van der Waals surface area contributed by atoms with Crippen molar-refractivity contribution in [3.8, 4) is 11.3 Å². The van der Waals surface area contributed by atoms with Crippen LogP contribution in [0.25, 0.3) is 11.3 Å². The van der Waals surface area contributed by atoms with Gasteiger partial charge in [-0.2, -0.15) is 0 Å². The molecule has 1 aliphatic heterocycles. The lowest BCUT2D eigenvalue weighted by atomic mass is 10.0. The molecule has 2 aromatic heterocycles. The SMILES string of the molecule is CCOC(=O)CN1C(=S)N[C@@H](c2ccccn2)[C@@H]1c1ccc(-c2cccc(Cl)c2Cl)o1. The van der Waals surface area contributed by atoms with Crippen LogP contribution < -0.4 is 5.32 Å². The van der Waals surface area contributed by atoms with E-state index in [0.29, 0.717) is 38.8 Å². The summed E-state index contributed by atoms with van der Waals surface area (Å²) in [5.41, 5.74) is 1.46. The number of ether oxygens (including phenoxy) is 1. The Bertz CT molecular complexity index is 1110. The summed E-state index contributed by atoms with van der Waals surface area (Å²) in [4.78, 5) is 18.5. The maximum atomic E-state index is 12.2. The van der Waals surface area contributed by atoms with Gasteiger partial charge in [0.25, 0.3) is 0 Å². The molecule has 0 radical (unpaired) electrons. The minimum Gasteiger partial charge on any atom is -0.465 e. The van der Waals surface area contributed by atoms with E-state index in [1.54, 1.807) is 24.1 Å². The van der Waals surface area contributed by atoms with Crippen LogP contribution in [-0.4, -0.2) is 34.1 Å². The van der Waals surface area contributed by atoms with Gasteiger partial charge in [-0.1, -0.05) is 35.3 Å². The molecule has 9 heteroatoms. The number of thiocarbonyl (C=S) groups is 1. The maximum Gasteiger partial charge on any atom is 0.325 e. The van der Waals surface area contributed by atoms with Crippen LogP contribution in [-0.2, 0) is 9.53 Å². The minimum absolute atomic E-state index is 0.0123. The Kier molecular flexibility index (Phi) is 6.46. The average Bonchev–Trinajstić information content (AvgIpc) is 3.36. The summed E-state index contributed by atoms with van der Waals surface area (Å²) in [7, 11) is 0. The van der Waals surface area contributed by atoms with E-state index < -0.39 is 6.04 Å². The molecule has 0 bridgehead atoms. The monoisotopic (exact) mass is 475 g/mol. The largest absolute Gasteiger partial charge is 0.465 e. The molecule has 0 aliphatic carbocycles. The Balaban J connectivity index is 1.73. The first-order valence-electron chi connectivity index (χ1n) is 9.67. The van der Waals surface area contributed by atoms with E-state index in [1.807, 2.05) is 42.5 Å². The number of esters is 1. The van der Waals surface area contributed by atoms with Gasteiger partial charge >= 0.3 is 5.97 Å². The molecule has 3 aromatic rings. The van der Waals surface area contributed by atoms with Gasteiger partial charge in [-0.25, -0.2) is 0 Å². The lowest BCUT2D eigenvalue weighted by Gasteiger charge is -2.25. The number of benzene rings is 1. The zero-order valence-electron chi connectivity index (χ0n) is 16.5. The van der Waals surface area contributed by atoms with Crippen molar-refractivity contribution < 1.29 is 13.9 Å². The van der Waals surface area contributed by atoms with Crippen LogP contribution in [0.5, 0.6) is 0 Å². The number of halogens is 2. The summed E-state index contributed by atoms with van der Waals surface area (Å²) in [6, 6.07) is 14.0. The normalized spacial score (nSPS) is 18.2. The highest BCUT2D eigenvalue weighted by atomic mass is 35.5. The van der Waals surface area contributed by atoms with E-state index in [-0.39, 0.29) is 18.6 Å². The Morgan fingerprint density at radius 1 is 1.23 bits per heavy atom. The fourth-order valence-electron chi connectivity index (χ4n) is 3.58. The van der Waals surface area contributed by atoms with Gasteiger partial charge in [0.2, 0.25) is 0 Å². The van der Waals surface area contributed by atoms with Gasteiger partial charge in [-0.3, -0.25) is 9.78 Å². The molecular weight excluding hydrogens is 457 g/mol. The third kappa shape index (κ3) is 4.39. The molecule has 1 saturated heterocycles. The van der Waals surface area contributed by atoms with Gasteiger partial charge in [0.1, 0.15) is 24.1 Å². The highest BCUT2D eigenvalue weighted by Gasteiger charge is 2.42. The van der Waals surface area contributed by atoms with Gasteiger partial charge in [0.15, 0.2) is 5.11 Å². The van der Waals surface area contributed by atoms with Crippen molar-refractivity contribution in [2.75, 3.05) is 13.2 Å². The van der Waals surface area contributed by atoms with Crippen molar-refractivity contribution in [3.05, 3.63) is 76.2 Å². The second-order valence-electron chi connectivity index (χ2n) is 6.86. The van der Waals surface area contributed by atoms with Crippen LogP contribution in [0.1, 0.15) is 30.5 Å². The highest BCUT2D eigenvalue weighted by molar-refractivity contribution is 7.80. The fraction of sp³-hybridized carbons (Fsp3) is 0.227. The van der Waals surface area contributed by atoms with Gasteiger partial charge in [0.05, 0.1) is 28.4 Å². The van der Waals surface area contributed by atoms with E-state index in [2.05, 4.69) is 10.3 Å². The van der Waals surface area contributed by atoms with Crippen molar-refractivity contribution >= 4 is 46.5 Å². The number of nitrogens with one attached hydrogen (secondary N) is 1. The number of aromatic nitrogens is 1. The summed E-state index contributed by atoms with van der Waals surface area (Å²) in [6.07, 6.45) is 1.71. The molecule has 0 amide bonds. The Labute approximate surface area is 195 Å². The van der Waals surface area contributed by atoms with E-state index >= 15 is 0 Å². The summed E-state index contributed by atoms with van der Waals surface area (Å²) in [6.45, 7) is 2.04. The van der Waals surface area contributed by atoms with Crippen LogP contribution in [0.15, 0.2) is 59.1 Å². The van der Waals surface area contributed by atoms with Crippen LogP contribution in [0.2, 0.25) is 10.0 Å². The van der Waals surface area contributed by atoms with Crippen molar-refractivity contribution in [2.24, 2.45) is 0 Å². The number of hydrogen-bond acceptors (Lipinski definition) is 5. The van der Waals surface area contributed by atoms with Gasteiger partial charge in [-0.05, 0) is 55.5 Å². The van der Waals surface area contributed by atoms with E-state index in [4.69, 9.17) is 44.6 Å². The number of carbonyl (C=O) groups excluding carboxylic acids is 1. The van der Waals surface area contributed by atoms with Crippen LogP contribution in [0, 0.1) is 0 Å². The third-order valence-electron chi connectivity index (χ3n) is 4.94. The molecular formula is C22H19Cl2N3O3S. The smallest absolute Gasteiger partial charge is 0.325 e. The Morgan fingerprint density at radius 2 is 2.06 bits per heavy atom. The number of nitrogens with zero attached hydrogens (tertiary/aromatic N) is 2. The van der Waals surface area contributed by atoms with Gasteiger partial charge < -0.3 is 19.4 Å². The van der Waals surface area contributed by atoms with Crippen molar-refractivity contribution in [3.63, 3.8) is 0 Å². The standard InChI is InChI=1S/C22H19Cl2N3O3S/c1-2-29-18(28)12-27-21(20(26-22(27)31)15-8-3-4-11-25-15)17-10-9-16(30-17)13-6-5-7-14(23)19(13)24/h3-11,20-21H,2,12H2,1H3,(H,26,31)/t20-,21-/m0/s1. The molecule has 160 valence electrons. The predicted octanol–water partition coefficient (Wildman–Crippen LogP) is 5.18. The number of carbonyl (C=O) groups is 1. The first-order chi connectivity index (χ1) is 15.0. The number of pyridine rings is 1. The molecule has 3 heterocycles. The summed E-state index contributed by atoms with van der Waals surface area (Å²) in [5, 5.41) is 4.54. The fourth-order valence-corrected chi connectivity index (χ4v) is 4.28. The van der Waals surface area contributed by atoms with Crippen molar-refractivity contribution in [1.29, 1.82) is 0 Å². The number of furan rings is 1. The van der Waals surface area contributed by atoms with Crippen molar-refractivity contribution in [2.45, 2.75) is 19.0 Å². The summed E-state index contributed by atoms with van der Waals surface area (Å²) < 4.78 is 11.3. The topological polar surface area (TPSA) is 67.6 Å². The molecule has 1 aliphatic rings. The Hall–Kier alpha value is -2.61. The van der Waals surface area contributed by atoms with Gasteiger partial charge in [-0.15, -0.1) is 0 Å². The molecule has 1 aromatic carbocycles. The summed E-state index contributed by atoms with van der Waals surface area (Å²) in [5.74, 6) is 0.803. The highest BCUT2D eigenvalue weighted by Crippen LogP contribution is 2.41. The number of rotatable bonds is 6. The Morgan fingerprint density at radius 3 is 2.81 bits per heavy atom. The third-order valence-corrected chi connectivity index (χ3v) is 6.11. The summed E-state index contributed by atoms with van der Waals surface area (Å²) >= 11 is 18.1. The molecule has 31 heavy (non-hydrogen) atoms. The van der Waals surface area contributed by atoms with E-state index in [1.165, 1.54) is 0 Å². The second-order valence-corrected chi connectivity index (χ2v) is 8.03. The van der Waals surface area contributed by atoms with Crippen LogP contribution in [0.3, 0.4) is 0 Å². The van der Waals surface area contributed by atoms with Crippen molar-refractivity contribution in [1.82, 2.24) is 15.2 Å². The first kappa shape index (κ1) is 21.6. The molecule has 1 fully saturated rings. The maximum absolute atomic E-state index is 12.2. The molecule has 4 rings (SSSR count). The average molecular weight is 476 g/mol. The molecule has 6 nitrogen and oxygen atoms in total. The van der Waals surface area contributed by atoms with Gasteiger partial charge in [0, 0.05) is 11.8 Å². The number of hydrogen-bond donors (Lipinski definition) is 1. The minimum atomic E-state index is -0.404. The lowest BCUT2D eigenvalue weighted by molar-refractivity contribution is -0.143. The molecule has 0 unspecified atom stereocenters. The lowest BCUT2D eigenvalue weighted by Crippen LogP contribution is -2.35. The molecule has 1 N–H and O–H groups in total. The predicted molar refractivity (Wildman–Crippen MR) is 123 cm³/mol. The van der Waals surface area contributed by atoms with Crippen LogP contribution in [0.4, 0.5) is 0 Å². The van der Waals surface area contributed by atoms with Crippen LogP contribution >= 0.6 is 35.4 Å². The quantitative estimate of drug-likeness (QED) is 0.388. The zero-order chi connectivity index (χ0) is 22.0. The molecule has 2 atom stereocenters. The molecule has 0 spiro atoms. The first-order valence-corrected chi connectivity index (χ1v) is 10.8. The van der Waals surface area contributed by atoms with E-state index in [0.717, 1.165) is 5.69 Å². The second kappa shape index (κ2) is 9.26.